The van der Waals surface area contributed by atoms with Crippen molar-refractivity contribution < 1.29 is 4.79 Å². The van der Waals surface area contributed by atoms with Crippen LogP contribution in [0.3, 0.4) is 0 Å². The molecule has 3 heterocycles. The monoisotopic (exact) mass is 272 g/mol. The number of carbonyl (C=O) groups excluding carboxylic acids is 1. The van der Waals surface area contributed by atoms with Crippen molar-refractivity contribution in [2.45, 2.75) is 52.1 Å². The van der Waals surface area contributed by atoms with Crippen LogP contribution in [0.1, 0.15) is 54.6 Å². The first-order valence-corrected chi connectivity index (χ1v) is 7.38. The fraction of sp³-hybridized carbons (Fsp3) is 0.533. The Morgan fingerprint density at radius 3 is 3.10 bits per heavy atom. The standard InChI is InChI=1S/C15H20N4O/c1-2-5-13(20)12-7-9-18(10-12)11-15-17-16-14-6-3-4-8-19(14)15/h7,9-10H,2-6,8,11H2,1H3. The molecule has 5 nitrogen and oxygen atoms in total. The van der Waals surface area contributed by atoms with Gasteiger partial charge in [0.15, 0.2) is 11.6 Å². The Bertz CT molecular complexity index is 611. The Morgan fingerprint density at radius 2 is 2.25 bits per heavy atom. The predicted octanol–water partition coefficient (Wildman–Crippen LogP) is 2.45. The number of rotatable bonds is 5. The van der Waals surface area contributed by atoms with E-state index in [1.807, 2.05) is 30.0 Å². The molecule has 0 aromatic carbocycles. The maximum absolute atomic E-state index is 11.8. The molecular weight excluding hydrogens is 252 g/mol. The highest BCUT2D eigenvalue weighted by molar-refractivity contribution is 5.95. The molecular formula is C15H20N4O. The van der Waals surface area contributed by atoms with Gasteiger partial charge in [-0.05, 0) is 25.3 Å². The van der Waals surface area contributed by atoms with Gasteiger partial charge in [-0.25, -0.2) is 0 Å². The third-order valence-corrected chi connectivity index (χ3v) is 3.81. The second-order valence-electron chi connectivity index (χ2n) is 5.39. The van der Waals surface area contributed by atoms with Crippen molar-refractivity contribution in [1.82, 2.24) is 19.3 Å². The highest BCUT2D eigenvalue weighted by Crippen LogP contribution is 2.15. The highest BCUT2D eigenvalue weighted by atomic mass is 16.1. The van der Waals surface area contributed by atoms with Crippen molar-refractivity contribution in [3.63, 3.8) is 0 Å². The molecule has 0 amide bonds. The van der Waals surface area contributed by atoms with Crippen LogP contribution in [-0.2, 0) is 19.5 Å². The van der Waals surface area contributed by atoms with E-state index in [1.165, 1.54) is 12.8 Å². The number of nitrogens with zero attached hydrogens (tertiary/aromatic N) is 4. The Kier molecular flexibility index (Phi) is 3.67. The third kappa shape index (κ3) is 2.53. The number of carbonyl (C=O) groups is 1. The molecule has 0 aliphatic carbocycles. The van der Waals surface area contributed by atoms with Crippen LogP contribution >= 0.6 is 0 Å². The fourth-order valence-electron chi connectivity index (χ4n) is 2.72. The summed E-state index contributed by atoms with van der Waals surface area (Å²) in [6, 6.07) is 1.89. The topological polar surface area (TPSA) is 52.7 Å². The van der Waals surface area contributed by atoms with Gasteiger partial charge in [0.25, 0.3) is 0 Å². The molecule has 0 saturated carbocycles. The quantitative estimate of drug-likeness (QED) is 0.786. The molecule has 0 spiro atoms. The molecule has 0 N–H and O–H groups in total. The number of Topliss-reactive ketones (excluding diaryl/α,β-unsaturated/α-hetero) is 1. The Labute approximate surface area is 118 Å². The minimum absolute atomic E-state index is 0.217. The van der Waals surface area contributed by atoms with E-state index in [9.17, 15) is 4.79 Å². The van der Waals surface area contributed by atoms with Crippen molar-refractivity contribution in [2.75, 3.05) is 0 Å². The van der Waals surface area contributed by atoms with Crippen LogP contribution in [-0.4, -0.2) is 25.1 Å². The van der Waals surface area contributed by atoms with Gasteiger partial charge in [0.1, 0.15) is 5.82 Å². The summed E-state index contributed by atoms with van der Waals surface area (Å²) in [6.07, 6.45) is 8.81. The number of fused-ring (bicyclic) bond motifs is 1. The van der Waals surface area contributed by atoms with Gasteiger partial charge in [-0.1, -0.05) is 6.92 Å². The fourth-order valence-corrected chi connectivity index (χ4v) is 2.72. The lowest BCUT2D eigenvalue weighted by molar-refractivity contribution is 0.0981. The second-order valence-corrected chi connectivity index (χ2v) is 5.39. The molecule has 2 aromatic rings. The summed E-state index contributed by atoms with van der Waals surface area (Å²) >= 11 is 0. The normalized spacial score (nSPS) is 14.2. The second kappa shape index (κ2) is 5.61. The summed E-state index contributed by atoms with van der Waals surface area (Å²) in [5, 5.41) is 8.55. The van der Waals surface area contributed by atoms with Crippen LogP contribution in [0, 0.1) is 0 Å². The van der Waals surface area contributed by atoms with Crippen LogP contribution in [0.15, 0.2) is 18.5 Å². The summed E-state index contributed by atoms with van der Waals surface area (Å²) in [5.74, 6) is 2.31. The molecule has 20 heavy (non-hydrogen) atoms. The molecule has 106 valence electrons. The van der Waals surface area contributed by atoms with Gasteiger partial charge in [-0.15, -0.1) is 10.2 Å². The van der Waals surface area contributed by atoms with E-state index in [0.29, 0.717) is 13.0 Å². The van der Waals surface area contributed by atoms with E-state index in [0.717, 1.165) is 36.6 Å². The van der Waals surface area contributed by atoms with E-state index >= 15 is 0 Å². The SMILES string of the molecule is CCCC(=O)c1ccn(Cc2nnc3n2CCCC3)c1. The number of hydrogen-bond acceptors (Lipinski definition) is 3. The summed E-state index contributed by atoms with van der Waals surface area (Å²) in [7, 11) is 0. The summed E-state index contributed by atoms with van der Waals surface area (Å²) < 4.78 is 4.24. The summed E-state index contributed by atoms with van der Waals surface area (Å²) in [4.78, 5) is 11.8. The van der Waals surface area contributed by atoms with Crippen molar-refractivity contribution in [3.05, 3.63) is 35.7 Å². The van der Waals surface area contributed by atoms with Gasteiger partial charge < -0.3 is 9.13 Å². The minimum atomic E-state index is 0.217. The Balaban J connectivity index is 1.75. The first kappa shape index (κ1) is 13.1. The zero-order chi connectivity index (χ0) is 13.9. The zero-order valence-electron chi connectivity index (χ0n) is 11.9. The molecule has 1 aliphatic heterocycles. The minimum Gasteiger partial charge on any atom is -0.346 e. The molecule has 5 heteroatoms. The van der Waals surface area contributed by atoms with Crippen LogP contribution in [0.5, 0.6) is 0 Å². The maximum Gasteiger partial charge on any atom is 0.164 e. The average molecular weight is 272 g/mol. The summed E-state index contributed by atoms with van der Waals surface area (Å²) in [5.41, 5.74) is 0.797. The smallest absolute Gasteiger partial charge is 0.164 e. The lowest BCUT2D eigenvalue weighted by Gasteiger charge is -2.14. The van der Waals surface area contributed by atoms with E-state index in [4.69, 9.17) is 0 Å². The first-order valence-electron chi connectivity index (χ1n) is 7.38. The molecule has 0 unspecified atom stereocenters. The largest absolute Gasteiger partial charge is 0.346 e. The van der Waals surface area contributed by atoms with E-state index < -0.39 is 0 Å². The number of ketones is 1. The lowest BCUT2D eigenvalue weighted by Crippen LogP contribution is -2.14. The Hall–Kier alpha value is -1.91. The van der Waals surface area contributed by atoms with E-state index in [2.05, 4.69) is 14.8 Å². The molecule has 1 aliphatic rings. The van der Waals surface area contributed by atoms with Gasteiger partial charge >= 0.3 is 0 Å². The third-order valence-electron chi connectivity index (χ3n) is 3.81. The van der Waals surface area contributed by atoms with Crippen LogP contribution in [0.25, 0.3) is 0 Å². The van der Waals surface area contributed by atoms with Crippen LogP contribution in [0.2, 0.25) is 0 Å². The van der Waals surface area contributed by atoms with Gasteiger partial charge in [-0.3, -0.25) is 4.79 Å². The molecule has 2 aromatic heterocycles. The van der Waals surface area contributed by atoms with E-state index in [-0.39, 0.29) is 5.78 Å². The number of aryl methyl sites for hydroxylation is 1. The van der Waals surface area contributed by atoms with E-state index in [1.54, 1.807) is 0 Å². The van der Waals surface area contributed by atoms with Crippen LogP contribution in [0.4, 0.5) is 0 Å². The Morgan fingerprint density at radius 1 is 1.35 bits per heavy atom. The van der Waals surface area contributed by atoms with Crippen molar-refractivity contribution >= 4 is 5.78 Å². The van der Waals surface area contributed by atoms with Crippen molar-refractivity contribution in [2.24, 2.45) is 0 Å². The highest BCUT2D eigenvalue weighted by Gasteiger charge is 2.16. The molecule has 3 rings (SSSR count). The molecule has 0 atom stereocenters. The number of hydrogen-bond donors (Lipinski definition) is 0. The predicted molar refractivity (Wildman–Crippen MR) is 75.7 cm³/mol. The summed E-state index contributed by atoms with van der Waals surface area (Å²) in [6.45, 7) is 3.73. The lowest BCUT2D eigenvalue weighted by atomic mass is 10.1. The van der Waals surface area contributed by atoms with Crippen LogP contribution < -0.4 is 0 Å². The zero-order valence-corrected chi connectivity index (χ0v) is 11.9. The maximum atomic E-state index is 11.8. The van der Waals surface area contributed by atoms with Crippen molar-refractivity contribution in [3.8, 4) is 0 Å². The van der Waals surface area contributed by atoms with Crippen molar-refractivity contribution in [1.29, 1.82) is 0 Å². The van der Waals surface area contributed by atoms with Gasteiger partial charge in [0, 0.05) is 37.3 Å². The molecule has 0 bridgehead atoms. The van der Waals surface area contributed by atoms with Gasteiger partial charge in [0.2, 0.25) is 0 Å². The van der Waals surface area contributed by atoms with Gasteiger partial charge in [0.05, 0.1) is 6.54 Å². The number of aromatic nitrogens is 4. The molecule has 0 radical (unpaired) electrons. The molecule has 0 fully saturated rings. The van der Waals surface area contributed by atoms with Gasteiger partial charge in [-0.2, -0.15) is 0 Å². The molecule has 0 saturated heterocycles. The average Bonchev–Trinajstić information content (AvgIpc) is 3.08. The first-order chi connectivity index (χ1) is 9.78.